The topological polar surface area (TPSA) is 0 Å². The molecule has 280 valence electrons. The second-order valence-corrected chi connectivity index (χ2v) is 23.0. The fourth-order valence-electron chi connectivity index (χ4n) is 17.9. The summed E-state index contributed by atoms with van der Waals surface area (Å²) in [4.78, 5) is 0. The molecule has 8 rings (SSSR count). The maximum atomic E-state index is 2.76. The molecule has 0 amide bonds. The van der Waals surface area contributed by atoms with Crippen molar-refractivity contribution in [3.63, 3.8) is 0 Å². The van der Waals surface area contributed by atoms with Gasteiger partial charge in [0.15, 0.2) is 0 Å². The van der Waals surface area contributed by atoms with Crippen molar-refractivity contribution in [2.45, 2.75) is 197 Å². The summed E-state index contributed by atoms with van der Waals surface area (Å²) >= 11 is 0. The summed E-state index contributed by atoms with van der Waals surface area (Å²) in [6, 6.07) is 0. The number of hydrogen-bond donors (Lipinski definition) is 0. The summed E-state index contributed by atoms with van der Waals surface area (Å²) in [6.07, 6.45) is 32.8. The summed E-state index contributed by atoms with van der Waals surface area (Å²) in [5.74, 6) is 16.0. The van der Waals surface area contributed by atoms with E-state index in [9.17, 15) is 0 Å². The van der Waals surface area contributed by atoms with Gasteiger partial charge >= 0.3 is 0 Å². The van der Waals surface area contributed by atoms with Crippen LogP contribution in [0.2, 0.25) is 0 Å². The molecule has 8 saturated carbocycles. The minimum absolute atomic E-state index is 0.494. The van der Waals surface area contributed by atoms with Crippen LogP contribution in [0, 0.1) is 110 Å². The molecule has 8 aliphatic rings. The van der Waals surface area contributed by atoms with Gasteiger partial charge in [0.25, 0.3) is 0 Å². The Labute approximate surface area is 306 Å². The molecule has 0 aromatic rings. The van der Waals surface area contributed by atoms with Crippen LogP contribution < -0.4 is 0 Å². The van der Waals surface area contributed by atoms with Crippen LogP contribution in [0.5, 0.6) is 0 Å². The van der Waals surface area contributed by atoms with Gasteiger partial charge in [-0.05, 0) is 200 Å². The van der Waals surface area contributed by atoms with Crippen LogP contribution in [-0.2, 0) is 0 Å². The molecule has 0 radical (unpaired) electrons. The smallest absolute Gasteiger partial charge is 0.0230 e. The Hall–Kier alpha value is 0. The van der Waals surface area contributed by atoms with Crippen molar-refractivity contribution >= 4 is 0 Å². The average molecular weight is 673 g/mol. The normalized spacial score (nSPS) is 49.8. The van der Waals surface area contributed by atoms with Crippen LogP contribution in [-0.4, -0.2) is 0 Å². The molecule has 0 heteroatoms. The molecular formula is C49H84. The molecule has 15 unspecified atom stereocenters. The summed E-state index contributed by atoms with van der Waals surface area (Å²) in [5.41, 5.74) is 2.20. The molecule has 49 heavy (non-hydrogen) atoms. The first-order chi connectivity index (χ1) is 23.4. The van der Waals surface area contributed by atoms with E-state index >= 15 is 0 Å². The van der Waals surface area contributed by atoms with Crippen molar-refractivity contribution in [2.75, 3.05) is 0 Å². The highest BCUT2D eigenvalue weighted by Crippen LogP contribution is 2.77. The van der Waals surface area contributed by atoms with E-state index in [2.05, 4.69) is 62.3 Å². The maximum Gasteiger partial charge on any atom is -0.0230 e. The SMILES string of the molecule is CCC(C)(CC)C1CC(C(C)(CC)CC)CC2(C1)C1CCC3CC(C(C)(C)C)CCC3C1C1C3CC4CCC5CCCCC5C4C3CCC12. The molecule has 0 N–H and O–H groups in total. The molecule has 0 bridgehead atoms. The highest BCUT2D eigenvalue weighted by atomic mass is 14.7. The zero-order chi connectivity index (χ0) is 34.5. The van der Waals surface area contributed by atoms with Crippen molar-refractivity contribution in [2.24, 2.45) is 110 Å². The van der Waals surface area contributed by atoms with E-state index in [-0.39, 0.29) is 0 Å². The minimum atomic E-state index is 0.494. The largest absolute Gasteiger partial charge is 0.0649 e. The lowest BCUT2D eigenvalue weighted by Crippen LogP contribution is -2.50. The lowest BCUT2D eigenvalue weighted by atomic mass is 9.46. The Kier molecular flexibility index (Phi) is 9.62. The van der Waals surface area contributed by atoms with E-state index in [4.69, 9.17) is 0 Å². The first kappa shape index (κ1) is 36.0. The zero-order valence-electron chi connectivity index (χ0n) is 34.5. The predicted octanol–water partition coefficient (Wildman–Crippen LogP) is 14.7. The van der Waals surface area contributed by atoms with Crippen molar-refractivity contribution in [3.05, 3.63) is 0 Å². The molecule has 8 aliphatic carbocycles. The Morgan fingerprint density at radius 3 is 1.59 bits per heavy atom. The van der Waals surface area contributed by atoms with Gasteiger partial charge in [0.1, 0.15) is 0 Å². The van der Waals surface area contributed by atoms with E-state index in [1.807, 2.05) is 0 Å². The first-order valence-corrected chi connectivity index (χ1v) is 23.4. The molecule has 0 nitrogen and oxygen atoms in total. The molecule has 1 spiro atoms. The Morgan fingerprint density at radius 2 is 0.959 bits per heavy atom. The van der Waals surface area contributed by atoms with Gasteiger partial charge < -0.3 is 0 Å². The molecule has 0 heterocycles. The number of fused-ring (bicyclic) bond motifs is 13. The van der Waals surface area contributed by atoms with Crippen LogP contribution in [0.1, 0.15) is 197 Å². The fraction of sp³-hybridized carbons (Fsp3) is 1.00. The molecular weight excluding hydrogens is 589 g/mol. The van der Waals surface area contributed by atoms with Crippen LogP contribution >= 0.6 is 0 Å². The lowest BCUT2D eigenvalue weighted by Gasteiger charge is -2.59. The van der Waals surface area contributed by atoms with E-state index < -0.39 is 0 Å². The molecule has 15 atom stereocenters. The third-order valence-corrected chi connectivity index (χ3v) is 21.3. The Morgan fingerprint density at radius 1 is 0.429 bits per heavy atom. The van der Waals surface area contributed by atoms with Gasteiger partial charge in [-0.1, -0.05) is 107 Å². The van der Waals surface area contributed by atoms with Gasteiger partial charge in [0.2, 0.25) is 0 Å². The van der Waals surface area contributed by atoms with Crippen LogP contribution in [0.3, 0.4) is 0 Å². The highest BCUT2D eigenvalue weighted by molar-refractivity contribution is 5.18. The second-order valence-electron chi connectivity index (χ2n) is 23.0. The quantitative estimate of drug-likeness (QED) is 0.263. The molecule has 0 aromatic heterocycles. The highest BCUT2D eigenvalue weighted by Gasteiger charge is 2.70. The number of hydrogen-bond acceptors (Lipinski definition) is 0. The first-order valence-electron chi connectivity index (χ1n) is 23.4. The van der Waals surface area contributed by atoms with E-state index in [0.717, 1.165) is 88.8 Å². The summed E-state index contributed by atoms with van der Waals surface area (Å²) < 4.78 is 0. The van der Waals surface area contributed by atoms with Gasteiger partial charge in [-0.25, -0.2) is 0 Å². The van der Waals surface area contributed by atoms with E-state index in [0.29, 0.717) is 21.7 Å². The fourth-order valence-corrected chi connectivity index (χ4v) is 17.9. The monoisotopic (exact) mass is 673 g/mol. The van der Waals surface area contributed by atoms with Crippen LogP contribution in [0.25, 0.3) is 0 Å². The third kappa shape index (κ3) is 5.57. The van der Waals surface area contributed by atoms with Crippen molar-refractivity contribution in [1.82, 2.24) is 0 Å². The van der Waals surface area contributed by atoms with Gasteiger partial charge in [-0.3, -0.25) is 0 Å². The average Bonchev–Trinajstić information content (AvgIpc) is 3.63. The standard InChI is InChI=1S/C49H84/c1-10-47(8,11-2)35-28-36(48(9,12-3)13-4)30-49(29-35)41-24-20-32-26-34(46(5,6)7)21-22-38(32)44(41)45-40-27-33-19-18-31-16-14-15-17-37(31)43(33)39(40)23-25-42(45)49/h31-45H,10-30H2,1-9H3. The summed E-state index contributed by atoms with van der Waals surface area (Å²) in [6.45, 7) is 23.5. The van der Waals surface area contributed by atoms with E-state index in [1.165, 1.54) is 25.7 Å². The van der Waals surface area contributed by atoms with Crippen LogP contribution in [0.4, 0.5) is 0 Å². The summed E-state index contributed by atoms with van der Waals surface area (Å²) in [5, 5.41) is 0. The number of rotatable bonds is 6. The minimum Gasteiger partial charge on any atom is -0.0649 e. The Bertz CT molecular complexity index is 1120. The predicted molar refractivity (Wildman–Crippen MR) is 210 cm³/mol. The molecule has 0 aromatic carbocycles. The van der Waals surface area contributed by atoms with Crippen molar-refractivity contribution in [3.8, 4) is 0 Å². The maximum absolute atomic E-state index is 2.76. The van der Waals surface area contributed by atoms with Crippen molar-refractivity contribution < 1.29 is 0 Å². The van der Waals surface area contributed by atoms with Gasteiger partial charge in [0, 0.05) is 0 Å². The third-order valence-electron chi connectivity index (χ3n) is 21.3. The van der Waals surface area contributed by atoms with Gasteiger partial charge in [0.05, 0.1) is 0 Å². The zero-order valence-corrected chi connectivity index (χ0v) is 34.5. The molecule has 0 aliphatic heterocycles. The van der Waals surface area contributed by atoms with Crippen LogP contribution in [0.15, 0.2) is 0 Å². The van der Waals surface area contributed by atoms with Crippen molar-refractivity contribution in [1.29, 1.82) is 0 Å². The molecule has 0 saturated heterocycles. The lowest BCUT2D eigenvalue weighted by molar-refractivity contribution is -0.0933. The van der Waals surface area contributed by atoms with Gasteiger partial charge in [-0.15, -0.1) is 0 Å². The van der Waals surface area contributed by atoms with Gasteiger partial charge in [-0.2, -0.15) is 0 Å². The van der Waals surface area contributed by atoms with E-state index in [1.54, 1.807) is 109 Å². The molecule has 8 fully saturated rings. The Balaban J connectivity index is 1.21. The summed E-state index contributed by atoms with van der Waals surface area (Å²) in [7, 11) is 0. The second kappa shape index (κ2) is 13.1.